The molecule has 7 nitrogen and oxygen atoms in total. The Morgan fingerprint density at radius 2 is 1.79 bits per heavy atom. The Labute approximate surface area is 165 Å². The number of benzene rings is 2. The first kappa shape index (κ1) is 19.7. The molecule has 0 aromatic heterocycles. The van der Waals surface area contributed by atoms with Gasteiger partial charge in [-0.25, -0.2) is 14.8 Å². The summed E-state index contributed by atoms with van der Waals surface area (Å²) >= 11 is 0. The fraction of sp³-hybridized carbons (Fsp3) is 0.333. The topological polar surface area (TPSA) is 76.1 Å². The lowest BCUT2D eigenvalue weighted by atomic mass is 10.1. The number of hydrazine groups is 1. The highest BCUT2D eigenvalue weighted by Crippen LogP contribution is 2.17. The Morgan fingerprint density at radius 1 is 1.11 bits per heavy atom. The van der Waals surface area contributed by atoms with Crippen molar-refractivity contribution in [1.82, 2.24) is 20.2 Å². The first-order valence-electron chi connectivity index (χ1n) is 9.32. The third kappa shape index (κ3) is 4.80. The van der Waals surface area contributed by atoms with Gasteiger partial charge in [0.15, 0.2) is 0 Å². The summed E-state index contributed by atoms with van der Waals surface area (Å²) in [7, 11) is 1.74. The minimum absolute atomic E-state index is 0.0131. The van der Waals surface area contributed by atoms with Crippen LogP contribution in [0.1, 0.15) is 18.1 Å². The third-order valence-electron chi connectivity index (χ3n) is 4.90. The van der Waals surface area contributed by atoms with Crippen LogP contribution in [0.2, 0.25) is 0 Å². The van der Waals surface area contributed by atoms with Gasteiger partial charge >= 0.3 is 6.03 Å². The molecule has 3 rings (SSSR count). The summed E-state index contributed by atoms with van der Waals surface area (Å²) in [5.41, 5.74) is 2.04. The molecule has 1 aliphatic rings. The molecule has 1 atom stereocenters. The number of nitrogens with one attached hydrogen (secondary N) is 1. The van der Waals surface area contributed by atoms with E-state index < -0.39 is 0 Å². The molecule has 1 saturated heterocycles. The maximum absolute atomic E-state index is 12.7. The van der Waals surface area contributed by atoms with Crippen LogP contribution in [0.4, 0.5) is 4.79 Å². The highest BCUT2D eigenvalue weighted by molar-refractivity contribution is 5.82. The number of nitrogens with zero attached hydrogens (tertiary/aromatic N) is 3. The highest BCUT2D eigenvalue weighted by Gasteiger charge is 2.33. The molecule has 0 bridgehead atoms. The largest absolute Gasteiger partial charge is 0.508 e. The highest BCUT2D eigenvalue weighted by atomic mass is 16.3. The zero-order valence-electron chi connectivity index (χ0n) is 16.2. The Kier molecular flexibility index (Phi) is 6.16. The summed E-state index contributed by atoms with van der Waals surface area (Å²) in [6.45, 7) is 2.75. The summed E-state index contributed by atoms with van der Waals surface area (Å²) < 4.78 is 0. The summed E-state index contributed by atoms with van der Waals surface area (Å²) in [5, 5.41) is 15.5. The summed E-state index contributed by atoms with van der Waals surface area (Å²) in [5.74, 6) is 0.203. The van der Waals surface area contributed by atoms with Crippen molar-refractivity contribution in [1.29, 1.82) is 0 Å². The van der Waals surface area contributed by atoms with Gasteiger partial charge in [0.05, 0.1) is 6.54 Å². The van der Waals surface area contributed by atoms with Crippen molar-refractivity contribution in [2.45, 2.75) is 25.9 Å². The van der Waals surface area contributed by atoms with Crippen LogP contribution in [0.15, 0.2) is 54.6 Å². The van der Waals surface area contributed by atoms with Crippen LogP contribution in [0.5, 0.6) is 5.75 Å². The molecular formula is C21H26N4O3. The predicted octanol–water partition coefficient (Wildman–Crippen LogP) is 2.18. The van der Waals surface area contributed by atoms with E-state index in [1.807, 2.05) is 49.4 Å². The fourth-order valence-electron chi connectivity index (χ4n) is 3.26. The van der Waals surface area contributed by atoms with Gasteiger partial charge in [-0.1, -0.05) is 42.5 Å². The molecule has 1 aliphatic heterocycles. The third-order valence-corrected chi connectivity index (χ3v) is 4.90. The van der Waals surface area contributed by atoms with Crippen LogP contribution in [-0.4, -0.2) is 58.3 Å². The monoisotopic (exact) mass is 382 g/mol. The Hall–Kier alpha value is -3.06. The number of carbonyl (C=O) groups is 2. The number of urea groups is 1. The second-order valence-corrected chi connectivity index (χ2v) is 7.08. The smallest absolute Gasteiger partial charge is 0.333 e. The van der Waals surface area contributed by atoms with Crippen molar-refractivity contribution in [3.63, 3.8) is 0 Å². The molecule has 2 N–H and O–H groups in total. The van der Waals surface area contributed by atoms with Gasteiger partial charge < -0.3 is 15.3 Å². The molecule has 148 valence electrons. The molecule has 2 aromatic carbocycles. The number of phenols is 1. The maximum Gasteiger partial charge on any atom is 0.333 e. The van der Waals surface area contributed by atoms with E-state index in [1.54, 1.807) is 34.1 Å². The average Bonchev–Trinajstić information content (AvgIpc) is 2.68. The van der Waals surface area contributed by atoms with E-state index in [9.17, 15) is 14.7 Å². The minimum atomic E-state index is -0.235. The Morgan fingerprint density at radius 3 is 2.46 bits per heavy atom. The second-order valence-electron chi connectivity index (χ2n) is 7.08. The lowest BCUT2D eigenvalue weighted by molar-refractivity contribution is -0.153. The van der Waals surface area contributed by atoms with Gasteiger partial charge in [-0.05, 0) is 36.6 Å². The molecule has 2 aromatic rings. The number of amides is 3. The normalized spacial score (nSPS) is 16.1. The van der Waals surface area contributed by atoms with E-state index in [4.69, 9.17) is 0 Å². The van der Waals surface area contributed by atoms with Gasteiger partial charge in [-0.3, -0.25) is 4.79 Å². The zero-order chi connectivity index (χ0) is 20.1. The molecular weight excluding hydrogens is 356 g/mol. The van der Waals surface area contributed by atoms with Crippen LogP contribution in [-0.2, 0) is 17.8 Å². The van der Waals surface area contributed by atoms with Crippen molar-refractivity contribution in [3.05, 3.63) is 65.7 Å². The first-order chi connectivity index (χ1) is 13.4. The Balaban J connectivity index is 1.62. The van der Waals surface area contributed by atoms with E-state index in [1.165, 1.54) is 0 Å². The van der Waals surface area contributed by atoms with E-state index in [-0.39, 0.29) is 36.9 Å². The second kappa shape index (κ2) is 8.75. The van der Waals surface area contributed by atoms with Crippen LogP contribution < -0.4 is 5.32 Å². The molecule has 0 radical (unpaired) electrons. The quantitative estimate of drug-likeness (QED) is 0.831. The van der Waals surface area contributed by atoms with E-state index in [2.05, 4.69) is 5.32 Å². The Bertz CT molecular complexity index is 810. The lowest BCUT2D eigenvalue weighted by Crippen LogP contribution is -2.63. The van der Waals surface area contributed by atoms with Gasteiger partial charge in [-0.15, -0.1) is 0 Å². The van der Waals surface area contributed by atoms with Crippen molar-refractivity contribution < 1.29 is 14.7 Å². The predicted molar refractivity (Wildman–Crippen MR) is 106 cm³/mol. The van der Waals surface area contributed by atoms with Crippen molar-refractivity contribution in [3.8, 4) is 5.75 Å². The molecule has 7 heteroatoms. The first-order valence-corrected chi connectivity index (χ1v) is 9.32. The summed E-state index contributed by atoms with van der Waals surface area (Å²) in [4.78, 5) is 26.9. The summed E-state index contributed by atoms with van der Waals surface area (Å²) in [6.07, 6.45) is 0.648. The van der Waals surface area contributed by atoms with Gasteiger partial charge in [0, 0.05) is 19.6 Å². The number of carbonyl (C=O) groups excluding carboxylic acids is 2. The van der Waals surface area contributed by atoms with Crippen LogP contribution in [0, 0.1) is 0 Å². The van der Waals surface area contributed by atoms with Crippen LogP contribution in [0.25, 0.3) is 0 Å². The van der Waals surface area contributed by atoms with Gasteiger partial charge in [0.25, 0.3) is 0 Å². The molecule has 1 unspecified atom stereocenters. The molecule has 3 amide bonds. The lowest BCUT2D eigenvalue weighted by Gasteiger charge is -2.43. The van der Waals surface area contributed by atoms with Gasteiger partial charge in [0.1, 0.15) is 12.4 Å². The number of hydrogen-bond acceptors (Lipinski definition) is 4. The van der Waals surface area contributed by atoms with Crippen molar-refractivity contribution >= 4 is 11.9 Å². The summed E-state index contributed by atoms with van der Waals surface area (Å²) in [6, 6.07) is 16.4. The standard InChI is InChI=1S/C21H26N4O3/c1-16(12-17-8-10-19(26)11-9-17)24-15-25(23(2)14-20(24)27)21(28)22-13-18-6-4-3-5-7-18/h3-11,16,26H,12-15H2,1-2H3,(H,22,28). The molecule has 1 fully saturated rings. The molecule has 0 aliphatic carbocycles. The molecule has 1 heterocycles. The van der Waals surface area contributed by atoms with Crippen molar-refractivity contribution in [2.24, 2.45) is 0 Å². The molecule has 28 heavy (non-hydrogen) atoms. The van der Waals surface area contributed by atoms with Gasteiger partial charge in [-0.2, -0.15) is 0 Å². The SMILES string of the molecule is CC(Cc1ccc(O)cc1)N1CN(C(=O)NCc2ccccc2)N(C)CC1=O. The molecule has 0 spiro atoms. The fourth-order valence-corrected chi connectivity index (χ4v) is 3.26. The minimum Gasteiger partial charge on any atom is -0.508 e. The van der Waals surface area contributed by atoms with E-state index in [0.717, 1.165) is 11.1 Å². The van der Waals surface area contributed by atoms with Gasteiger partial charge in [0.2, 0.25) is 5.91 Å². The van der Waals surface area contributed by atoms with Crippen molar-refractivity contribution in [2.75, 3.05) is 20.3 Å². The number of phenolic OH excluding ortho intramolecular Hbond substituents is 1. The number of rotatable bonds is 5. The molecule has 0 saturated carbocycles. The number of likely N-dealkylation sites (N-methyl/N-ethyl adjacent to an activating group) is 1. The number of aromatic hydroxyl groups is 1. The van der Waals surface area contributed by atoms with E-state index in [0.29, 0.717) is 13.0 Å². The van der Waals surface area contributed by atoms with Crippen LogP contribution >= 0.6 is 0 Å². The number of hydrogen-bond donors (Lipinski definition) is 2. The van der Waals surface area contributed by atoms with Crippen LogP contribution in [0.3, 0.4) is 0 Å². The maximum atomic E-state index is 12.7. The van der Waals surface area contributed by atoms with E-state index >= 15 is 0 Å². The zero-order valence-corrected chi connectivity index (χ0v) is 16.2. The average molecular weight is 382 g/mol.